The Morgan fingerprint density at radius 2 is 1.69 bits per heavy atom. The number of hydrogen-bond donors (Lipinski definition) is 0. The molecule has 0 aliphatic carbocycles. The zero-order chi connectivity index (χ0) is 18.9. The third-order valence-corrected chi connectivity index (χ3v) is 6.60. The van der Waals surface area contributed by atoms with Crippen LogP contribution in [0.15, 0.2) is 59.5 Å². The maximum absolute atomic E-state index is 13.3. The van der Waals surface area contributed by atoms with E-state index in [2.05, 4.69) is 0 Å². The molecule has 0 saturated carbocycles. The van der Waals surface area contributed by atoms with E-state index in [9.17, 15) is 13.2 Å². The van der Waals surface area contributed by atoms with Crippen molar-refractivity contribution in [3.05, 3.63) is 65.7 Å². The molecule has 0 amide bonds. The van der Waals surface area contributed by atoms with Crippen LogP contribution in [-0.4, -0.2) is 30.8 Å². The van der Waals surface area contributed by atoms with Crippen molar-refractivity contribution in [3.8, 4) is 0 Å². The summed E-state index contributed by atoms with van der Waals surface area (Å²) in [6.07, 6.45) is -1.20. The van der Waals surface area contributed by atoms with Crippen molar-refractivity contribution >= 4 is 15.8 Å². The fourth-order valence-corrected chi connectivity index (χ4v) is 5.03. The van der Waals surface area contributed by atoms with Gasteiger partial charge in [-0.15, -0.1) is 0 Å². The van der Waals surface area contributed by atoms with E-state index in [1.807, 2.05) is 44.2 Å². The molecule has 5 nitrogen and oxygen atoms in total. The molecule has 0 unspecified atom stereocenters. The summed E-state index contributed by atoms with van der Waals surface area (Å²) >= 11 is 0. The Morgan fingerprint density at radius 3 is 2.27 bits per heavy atom. The Balaban J connectivity index is 2.01. The number of hydrogen-bond acceptors (Lipinski definition) is 4. The maximum Gasteiger partial charge on any atom is 0.245 e. The number of rotatable bonds is 5. The molecule has 26 heavy (non-hydrogen) atoms. The monoisotopic (exact) mass is 373 g/mol. The molecule has 1 saturated heterocycles. The van der Waals surface area contributed by atoms with E-state index in [0.717, 1.165) is 11.1 Å². The smallest absolute Gasteiger partial charge is 0.245 e. The number of aryl methyl sites for hydroxylation is 1. The molecular weight excluding hydrogens is 350 g/mol. The first-order valence-electron chi connectivity index (χ1n) is 8.61. The van der Waals surface area contributed by atoms with Gasteiger partial charge in [0.25, 0.3) is 0 Å². The molecule has 1 fully saturated rings. The van der Waals surface area contributed by atoms with Crippen LogP contribution in [0.2, 0.25) is 0 Å². The van der Waals surface area contributed by atoms with Crippen LogP contribution in [0, 0.1) is 6.92 Å². The maximum atomic E-state index is 13.3. The number of carbonyl (C=O) groups excluding carboxylic acids is 1. The van der Waals surface area contributed by atoms with Crippen LogP contribution < -0.4 is 0 Å². The predicted octanol–water partition coefficient (Wildman–Crippen LogP) is 3.45. The van der Waals surface area contributed by atoms with E-state index < -0.39 is 28.4 Å². The molecular formula is C20H23NO4S. The van der Waals surface area contributed by atoms with Gasteiger partial charge in [0.2, 0.25) is 10.0 Å². The van der Waals surface area contributed by atoms with E-state index in [0.29, 0.717) is 0 Å². The Hall–Kier alpha value is -2.02. The summed E-state index contributed by atoms with van der Waals surface area (Å²) in [5.74, 6) is -0.111. The standard InChI is InChI=1S/C20H23NO4S/c1-14-9-11-18(12-10-14)26(23,24)21-16(3)20(17-7-5-4-6-8-17)25-19(21)13-15(2)22/h4-12,16,19-20H,13H2,1-3H3/t16-,19-,20+/m1/s1. The van der Waals surface area contributed by atoms with Crippen LogP contribution in [0.25, 0.3) is 0 Å². The minimum Gasteiger partial charge on any atom is -0.352 e. The number of ketones is 1. The van der Waals surface area contributed by atoms with Gasteiger partial charge in [0.05, 0.1) is 10.9 Å². The Labute approximate surface area is 154 Å². The number of carbonyl (C=O) groups is 1. The lowest BCUT2D eigenvalue weighted by Gasteiger charge is -2.25. The highest BCUT2D eigenvalue weighted by Gasteiger charge is 2.47. The Kier molecular flexibility index (Phi) is 5.27. The number of nitrogens with zero attached hydrogens (tertiary/aromatic N) is 1. The first-order chi connectivity index (χ1) is 12.3. The van der Waals surface area contributed by atoms with E-state index >= 15 is 0 Å². The summed E-state index contributed by atoms with van der Waals surface area (Å²) in [5.41, 5.74) is 1.88. The molecule has 2 aromatic rings. The second kappa shape index (κ2) is 7.31. The summed E-state index contributed by atoms with van der Waals surface area (Å²) in [4.78, 5) is 11.9. The van der Waals surface area contributed by atoms with Gasteiger partial charge in [0, 0.05) is 6.42 Å². The van der Waals surface area contributed by atoms with Crippen molar-refractivity contribution in [2.24, 2.45) is 0 Å². The van der Waals surface area contributed by atoms with Crippen molar-refractivity contribution in [2.75, 3.05) is 0 Å². The number of sulfonamides is 1. The second-order valence-electron chi connectivity index (χ2n) is 6.72. The average Bonchev–Trinajstić information content (AvgIpc) is 2.92. The number of benzene rings is 2. The zero-order valence-corrected chi connectivity index (χ0v) is 15.9. The van der Waals surface area contributed by atoms with Crippen molar-refractivity contribution in [1.29, 1.82) is 0 Å². The lowest BCUT2D eigenvalue weighted by molar-refractivity contribution is -0.120. The first kappa shape index (κ1) is 18.8. The van der Waals surface area contributed by atoms with Gasteiger partial charge in [-0.05, 0) is 38.5 Å². The molecule has 0 bridgehead atoms. The zero-order valence-electron chi connectivity index (χ0n) is 15.1. The third-order valence-electron chi connectivity index (χ3n) is 4.61. The molecule has 0 aromatic heterocycles. The van der Waals surface area contributed by atoms with Gasteiger partial charge >= 0.3 is 0 Å². The number of Topliss-reactive ketones (excluding diaryl/α,β-unsaturated/α-hetero) is 1. The SMILES string of the molecule is CC(=O)C[C@H]1O[C@H](c2ccccc2)[C@@H](C)N1S(=O)(=O)c1ccc(C)cc1. The molecule has 1 aliphatic heterocycles. The molecule has 6 heteroatoms. The predicted molar refractivity (Wildman–Crippen MR) is 99.0 cm³/mol. The first-order valence-corrected chi connectivity index (χ1v) is 10.0. The highest BCUT2D eigenvalue weighted by Crippen LogP contribution is 2.39. The van der Waals surface area contributed by atoms with Crippen LogP contribution in [-0.2, 0) is 19.6 Å². The molecule has 1 aliphatic rings. The van der Waals surface area contributed by atoms with E-state index in [1.54, 1.807) is 24.3 Å². The Bertz CT molecular complexity index is 878. The van der Waals surface area contributed by atoms with Gasteiger partial charge in [0.15, 0.2) is 0 Å². The Morgan fingerprint density at radius 1 is 1.08 bits per heavy atom. The van der Waals surface area contributed by atoms with Crippen LogP contribution in [0.3, 0.4) is 0 Å². The van der Waals surface area contributed by atoms with Crippen LogP contribution in [0.5, 0.6) is 0 Å². The summed E-state index contributed by atoms with van der Waals surface area (Å²) in [6.45, 7) is 5.17. The van der Waals surface area contributed by atoms with Gasteiger partial charge in [-0.2, -0.15) is 4.31 Å². The minimum atomic E-state index is -3.78. The fraction of sp³-hybridized carbons (Fsp3) is 0.350. The summed E-state index contributed by atoms with van der Waals surface area (Å²) in [6, 6.07) is 15.8. The molecule has 0 radical (unpaired) electrons. The van der Waals surface area contributed by atoms with Crippen molar-refractivity contribution in [3.63, 3.8) is 0 Å². The van der Waals surface area contributed by atoms with Crippen LogP contribution >= 0.6 is 0 Å². The molecule has 0 spiro atoms. The average molecular weight is 373 g/mol. The molecule has 1 heterocycles. The summed E-state index contributed by atoms with van der Waals surface area (Å²) in [7, 11) is -3.78. The van der Waals surface area contributed by atoms with Crippen molar-refractivity contribution in [2.45, 2.75) is 50.5 Å². The molecule has 3 atom stereocenters. The summed E-state index contributed by atoms with van der Waals surface area (Å²) in [5, 5.41) is 0. The summed E-state index contributed by atoms with van der Waals surface area (Å²) < 4.78 is 33.9. The topological polar surface area (TPSA) is 63.7 Å². The van der Waals surface area contributed by atoms with Gasteiger partial charge in [-0.1, -0.05) is 48.0 Å². The third kappa shape index (κ3) is 3.58. The fourth-order valence-electron chi connectivity index (χ4n) is 3.33. The second-order valence-corrected chi connectivity index (χ2v) is 8.56. The van der Waals surface area contributed by atoms with Crippen LogP contribution in [0.1, 0.15) is 37.5 Å². The quantitative estimate of drug-likeness (QED) is 0.805. The van der Waals surface area contributed by atoms with E-state index in [1.165, 1.54) is 11.2 Å². The number of ether oxygens (including phenoxy) is 1. The molecule has 138 valence electrons. The molecule has 3 rings (SSSR count). The van der Waals surface area contributed by atoms with Gasteiger partial charge < -0.3 is 4.74 Å². The molecule has 0 N–H and O–H groups in total. The normalized spacial score (nSPS) is 23.9. The molecule has 2 aromatic carbocycles. The van der Waals surface area contributed by atoms with E-state index in [4.69, 9.17) is 4.74 Å². The minimum absolute atomic E-state index is 0.0266. The lowest BCUT2D eigenvalue weighted by Crippen LogP contribution is -2.41. The van der Waals surface area contributed by atoms with Gasteiger partial charge in [0.1, 0.15) is 18.1 Å². The van der Waals surface area contributed by atoms with Crippen molar-refractivity contribution in [1.82, 2.24) is 4.31 Å². The van der Waals surface area contributed by atoms with E-state index in [-0.39, 0.29) is 17.1 Å². The van der Waals surface area contributed by atoms with Crippen molar-refractivity contribution < 1.29 is 17.9 Å². The lowest BCUT2D eigenvalue weighted by atomic mass is 10.0. The highest BCUT2D eigenvalue weighted by molar-refractivity contribution is 7.89. The van der Waals surface area contributed by atoms with Gasteiger partial charge in [-0.25, -0.2) is 8.42 Å². The largest absolute Gasteiger partial charge is 0.352 e. The van der Waals surface area contributed by atoms with Gasteiger partial charge in [-0.3, -0.25) is 4.79 Å². The highest BCUT2D eigenvalue weighted by atomic mass is 32.2. The van der Waals surface area contributed by atoms with Crippen LogP contribution in [0.4, 0.5) is 0 Å².